The number of anilines is 2. The molecule has 0 aliphatic carbocycles. The average molecular weight is 630 g/mol. The SMILES string of the molecule is CC(=O)N1CCN(c2ccc(C(=O)NC3=NCc4ccc(Cc5cc(F)cc(F)c5)cc43)c(N(C(C)=O)C3CCOCC3)c2)CC1. The van der Waals surface area contributed by atoms with Crippen molar-refractivity contribution in [3.8, 4) is 0 Å². The van der Waals surface area contributed by atoms with Crippen molar-refractivity contribution in [3.63, 3.8) is 0 Å². The summed E-state index contributed by atoms with van der Waals surface area (Å²) in [6.45, 7) is 7.00. The van der Waals surface area contributed by atoms with Crippen LogP contribution in [0.25, 0.3) is 0 Å². The van der Waals surface area contributed by atoms with Crippen molar-refractivity contribution in [2.24, 2.45) is 4.99 Å². The van der Waals surface area contributed by atoms with Crippen LogP contribution in [0.5, 0.6) is 0 Å². The zero-order valence-corrected chi connectivity index (χ0v) is 26.0. The van der Waals surface area contributed by atoms with Crippen molar-refractivity contribution in [2.45, 2.75) is 45.7 Å². The van der Waals surface area contributed by atoms with Gasteiger partial charge in [-0.25, -0.2) is 8.78 Å². The van der Waals surface area contributed by atoms with Crippen LogP contribution in [0.3, 0.4) is 0 Å². The number of aliphatic imine (C=N–C) groups is 1. The van der Waals surface area contributed by atoms with E-state index in [1.54, 1.807) is 17.9 Å². The van der Waals surface area contributed by atoms with Crippen LogP contribution in [-0.2, 0) is 27.3 Å². The Labute approximate surface area is 266 Å². The van der Waals surface area contributed by atoms with E-state index < -0.39 is 17.5 Å². The normalized spacial score (nSPS) is 16.6. The third kappa shape index (κ3) is 6.79. The minimum absolute atomic E-state index is 0.0426. The van der Waals surface area contributed by atoms with Gasteiger partial charge in [0.2, 0.25) is 11.8 Å². The largest absolute Gasteiger partial charge is 0.381 e. The summed E-state index contributed by atoms with van der Waals surface area (Å²) in [5, 5.41) is 2.99. The van der Waals surface area contributed by atoms with E-state index in [1.165, 1.54) is 19.1 Å². The van der Waals surface area contributed by atoms with E-state index in [-0.39, 0.29) is 17.9 Å². The van der Waals surface area contributed by atoms with Crippen LogP contribution >= 0.6 is 0 Å². The maximum atomic E-state index is 14.0. The number of ether oxygens (including phenoxy) is 1. The number of amidine groups is 1. The molecule has 3 amide bonds. The summed E-state index contributed by atoms with van der Waals surface area (Å²) in [6, 6.07) is 14.6. The van der Waals surface area contributed by atoms with Crippen LogP contribution < -0.4 is 15.1 Å². The van der Waals surface area contributed by atoms with Crippen molar-refractivity contribution >= 4 is 34.9 Å². The van der Waals surface area contributed by atoms with Crippen molar-refractivity contribution in [1.29, 1.82) is 0 Å². The second-order valence-corrected chi connectivity index (χ2v) is 12.0. The number of hydrogen-bond donors (Lipinski definition) is 1. The summed E-state index contributed by atoms with van der Waals surface area (Å²) in [7, 11) is 0. The molecule has 2 saturated heterocycles. The lowest BCUT2D eigenvalue weighted by molar-refractivity contribution is -0.129. The van der Waals surface area contributed by atoms with E-state index in [1.807, 2.05) is 35.2 Å². The molecule has 3 aliphatic heterocycles. The standard InChI is InChI=1S/C35H37F2N5O4/c1-22(43)40-9-11-41(12-10-40)30-5-6-31(33(20-30)42(23(2)44)29-7-13-46-14-8-29)35(45)39-34-32-18-24(3-4-26(32)21-38-34)15-25-16-27(36)19-28(37)17-25/h3-6,16-20,29H,7-15,21H2,1-2H3,(H,38,39,45). The average Bonchev–Trinajstić information content (AvgIpc) is 3.42. The van der Waals surface area contributed by atoms with Gasteiger partial charge in [0.05, 0.1) is 17.8 Å². The van der Waals surface area contributed by atoms with Gasteiger partial charge in [0.25, 0.3) is 5.91 Å². The lowest BCUT2D eigenvalue weighted by Gasteiger charge is -2.38. The molecule has 1 N–H and O–H groups in total. The fraction of sp³-hybridized carbons (Fsp3) is 0.371. The smallest absolute Gasteiger partial charge is 0.258 e. The lowest BCUT2D eigenvalue weighted by atomic mass is 9.99. The molecule has 3 heterocycles. The third-order valence-electron chi connectivity index (χ3n) is 8.87. The van der Waals surface area contributed by atoms with Crippen LogP contribution in [0.1, 0.15) is 59.3 Å². The second-order valence-electron chi connectivity index (χ2n) is 12.0. The molecule has 0 radical (unpaired) electrons. The third-order valence-corrected chi connectivity index (χ3v) is 8.87. The number of carbonyl (C=O) groups is 3. The van der Waals surface area contributed by atoms with Gasteiger partial charge in [-0.2, -0.15) is 0 Å². The van der Waals surface area contributed by atoms with E-state index in [4.69, 9.17) is 4.74 Å². The molecule has 0 saturated carbocycles. The van der Waals surface area contributed by atoms with Gasteiger partial charge in [-0.15, -0.1) is 0 Å². The number of fused-ring (bicyclic) bond motifs is 1. The van der Waals surface area contributed by atoms with Gasteiger partial charge in [0, 0.05) is 76.6 Å². The van der Waals surface area contributed by atoms with E-state index in [2.05, 4.69) is 15.2 Å². The zero-order valence-electron chi connectivity index (χ0n) is 26.0. The van der Waals surface area contributed by atoms with Crippen molar-refractivity contribution in [2.75, 3.05) is 49.2 Å². The lowest BCUT2D eigenvalue weighted by Crippen LogP contribution is -2.48. The Morgan fingerprint density at radius 3 is 2.30 bits per heavy atom. The number of amides is 3. The number of piperazine rings is 1. The first-order chi connectivity index (χ1) is 22.2. The summed E-state index contributed by atoms with van der Waals surface area (Å²) in [5.74, 6) is -1.38. The van der Waals surface area contributed by atoms with E-state index in [0.717, 1.165) is 28.4 Å². The van der Waals surface area contributed by atoms with Crippen LogP contribution in [0.4, 0.5) is 20.2 Å². The van der Waals surface area contributed by atoms with Gasteiger partial charge in [0.15, 0.2) is 0 Å². The highest BCUT2D eigenvalue weighted by atomic mass is 19.1. The highest BCUT2D eigenvalue weighted by Crippen LogP contribution is 2.32. The number of nitrogens with zero attached hydrogens (tertiary/aromatic N) is 4. The molecule has 9 nitrogen and oxygen atoms in total. The van der Waals surface area contributed by atoms with Crippen molar-refractivity contribution in [3.05, 3.63) is 94.0 Å². The van der Waals surface area contributed by atoms with Crippen molar-refractivity contribution in [1.82, 2.24) is 10.2 Å². The Morgan fingerprint density at radius 1 is 0.913 bits per heavy atom. The van der Waals surface area contributed by atoms with E-state index in [0.29, 0.717) is 87.8 Å². The number of carbonyl (C=O) groups excluding carboxylic acids is 3. The highest BCUT2D eigenvalue weighted by molar-refractivity contribution is 6.16. The van der Waals surface area contributed by atoms with E-state index in [9.17, 15) is 23.2 Å². The van der Waals surface area contributed by atoms with Gasteiger partial charge in [-0.3, -0.25) is 19.4 Å². The molecule has 240 valence electrons. The molecule has 3 aromatic rings. The molecule has 0 unspecified atom stereocenters. The molecule has 3 aromatic carbocycles. The van der Waals surface area contributed by atoms with Gasteiger partial charge in [-0.1, -0.05) is 12.1 Å². The number of benzene rings is 3. The molecule has 0 aromatic heterocycles. The predicted molar refractivity (Wildman–Crippen MR) is 171 cm³/mol. The summed E-state index contributed by atoms with van der Waals surface area (Å²) >= 11 is 0. The molecular weight excluding hydrogens is 592 g/mol. The Hall–Kier alpha value is -4.64. The molecule has 46 heavy (non-hydrogen) atoms. The first-order valence-corrected chi connectivity index (χ1v) is 15.6. The van der Waals surface area contributed by atoms with Gasteiger partial charge in [-0.05, 0) is 72.4 Å². The topological polar surface area (TPSA) is 94.5 Å². The van der Waals surface area contributed by atoms with Gasteiger partial charge in [0.1, 0.15) is 17.5 Å². The number of hydrogen-bond acceptors (Lipinski definition) is 6. The van der Waals surface area contributed by atoms with Gasteiger partial charge >= 0.3 is 0 Å². The van der Waals surface area contributed by atoms with Crippen LogP contribution in [0.15, 0.2) is 59.6 Å². The van der Waals surface area contributed by atoms with Crippen LogP contribution in [0.2, 0.25) is 0 Å². The summed E-state index contributed by atoms with van der Waals surface area (Å²) < 4.78 is 33.2. The summed E-state index contributed by atoms with van der Waals surface area (Å²) in [4.78, 5) is 49.3. The molecule has 6 rings (SSSR count). The molecule has 3 aliphatic rings. The second kappa shape index (κ2) is 13.4. The van der Waals surface area contributed by atoms with E-state index >= 15 is 0 Å². The van der Waals surface area contributed by atoms with Gasteiger partial charge < -0.3 is 24.8 Å². The van der Waals surface area contributed by atoms with Crippen LogP contribution in [-0.4, -0.2) is 73.9 Å². The monoisotopic (exact) mass is 629 g/mol. The maximum absolute atomic E-state index is 14.0. The molecule has 2 fully saturated rings. The number of halogens is 2. The minimum atomic E-state index is -0.633. The maximum Gasteiger partial charge on any atom is 0.258 e. The minimum Gasteiger partial charge on any atom is -0.381 e. The Morgan fingerprint density at radius 2 is 1.63 bits per heavy atom. The highest BCUT2D eigenvalue weighted by Gasteiger charge is 2.31. The van der Waals surface area contributed by atoms with Crippen LogP contribution in [0, 0.1) is 11.6 Å². The Kier molecular flexibility index (Phi) is 9.12. The first-order valence-electron chi connectivity index (χ1n) is 15.6. The molecule has 0 spiro atoms. The molecular formula is C35H37F2N5O4. The first kappa shape index (κ1) is 31.3. The Balaban J connectivity index is 1.28. The predicted octanol–water partition coefficient (Wildman–Crippen LogP) is 4.45. The molecule has 11 heteroatoms. The molecule has 0 bridgehead atoms. The fourth-order valence-corrected chi connectivity index (χ4v) is 6.53. The fourth-order valence-electron chi connectivity index (χ4n) is 6.53. The molecule has 0 atom stereocenters. The quantitative estimate of drug-likeness (QED) is 0.435. The zero-order chi connectivity index (χ0) is 32.4. The number of rotatable bonds is 6. The Bertz CT molecular complexity index is 1680. The van der Waals surface area contributed by atoms with Crippen molar-refractivity contribution < 1.29 is 27.9 Å². The number of nitrogens with one attached hydrogen (secondary N) is 1. The summed E-state index contributed by atoms with van der Waals surface area (Å²) in [6.07, 6.45) is 1.62. The summed E-state index contributed by atoms with van der Waals surface area (Å²) in [5.41, 5.74) is 4.73.